The normalized spacial score (nSPS) is 22.4. The van der Waals surface area contributed by atoms with Crippen molar-refractivity contribution < 1.29 is 27.4 Å². The SMILES string of the molecule is COc1cc(Cl)c(F)cc1C(C)(C)CC(O)(CNC1=CC=CC2NN=CC12)C(F)(F)F. The molecule has 31 heavy (non-hydrogen) atoms. The van der Waals surface area contributed by atoms with Crippen LogP contribution in [0.4, 0.5) is 17.6 Å². The van der Waals surface area contributed by atoms with E-state index in [1.165, 1.54) is 27.0 Å². The fourth-order valence-corrected chi connectivity index (χ4v) is 4.10. The summed E-state index contributed by atoms with van der Waals surface area (Å²) in [5.74, 6) is -0.886. The van der Waals surface area contributed by atoms with Crippen molar-refractivity contribution in [2.45, 2.75) is 43.5 Å². The molecule has 1 aromatic carbocycles. The van der Waals surface area contributed by atoms with Crippen molar-refractivity contribution in [1.82, 2.24) is 10.7 Å². The van der Waals surface area contributed by atoms with Gasteiger partial charge in [0, 0.05) is 23.5 Å². The summed E-state index contributed by atoms with van der Waals surface area (Å²) in [5.41, 5.74) is -0.863. The van der Waals surface area contributed by atoms with E-state index in [0.717, 1.165) is 6.07 Å². The maximum Gasteiger partial charge on any atom is 0.418 e. The van der Waals surface area contributed by atoms with Gasteiger partial charge in [0.25, 0.3) is 0 Å². The van der Waals surface area contributed by atoms with Crippen molar-refractivity contribution in [3.8, 4) is 5.75 Å². The molecule has 2 aliphatic rings. The monoisotopic (exact) mass is 461 g/mol. The molecule has 0 spiro atoms. The van der Waals surface area contributed by atoms with Crippen LogP contribution >= 0.6 is 11.6 Å². The van der Waals surface area contributed by atoms with Crippen LogP contribution in [0.25, 0.3) is 0 Å². The number of fused-ring (bicyclic) bond motifs is 1. The Morgan fingerprint density at radius 3 is 2.65 bits per heavy atom. The number of benzene rings is 1. The van der Waals surface area contributed by atoms with Crippen molar-refractivity contribution in [2.75, 3.05) is 13.7 Å². The summed E-state index contributed by atoms with van der Waals surface area (Å²) in [5, 5.41) is 17.3. The molecule has 0 saturated carbocycles. The van der Waals surface area contributed by atoms with Gasteiger partial charge in [0.1, 0.15) is 11.6 Å². The summed E-state index contributed by atoms with van der Waals surface area (Å²) in [6.07, 6.45) is 1.14. The third-order valence-corrected chi connectivity index (χ3v) is 5.91. The van der Waals surface area contributed by atoms with E-state index in [1.54, 1.807) is 18.4 Å². The van der Waals surface area contributed by atoms with Crippen LogP contribution in [-0.4, -0.2) is 42.8 Å². The van der Waals surface area contributed by atoms with Crippen molar-refractivity contribution in [2.24, 2.45) is 11.0 Å². The van der Waals surface area contributed by atoms with Crippen LogP contribution in [0.3, 0.4) is 0 Å². The maximum absolute atomic E-state index is 14.1. The lowest BCUT2D eigenvalue weighted by Crippen LogP contribution is -2.55. The second-order valence-electron chi connectivity index (χ2n) is 8.38. The van der Waals surface area contributed by atoms with Crippen LogP contribution in [0.5, 0.6) is 5.75 Å². The highest BCUT2D eigenvalue weighted by atomic mass is 35.5. The Bertz CT molecular complexity index is 930. The maximum atomic E-state index is 14.1. The molecular weight excluding hydrogens is 438 g/mol. The van der Waals surface area contributed by atoms with Crippen LogP contribution in [0, 0.1) is 11.7 Å². The Balaban J connectivity index is 1.87. The number of rotatable bonds is 7. The van der Waals surface area contributed by atoms with Gasteiger partial charge in [-0.05, 0) is 24.0 Å². The predicted molar refractivity (Wildman–Crippen MR) is 111 cm³/mol. The molecule has 1 heterocycles. The van der Waals surface area contributed by atoms with Gasteiger partial charge < -0.3 is 20.6 Å². The van der Waals surface area contributed by atoms with Crippen molar-refractivity contribution >= 4 is 17.8 Å². The van der Waals surface area contributed by atoms with Gasteiger partial charge in [-0.2, -0.15) is 18.3 Å². The lowest BCUT2D eigenvalue weighted by Gasteiger charge is -2.39. The number of halogens is 5. The number of allylic oxidation sites excluding steroid dienone is 2. The molecule has 1 aliphatic carbocycles. The van der Waals surface area contributed by atoms with Crippen LogP contribution < -0.4 is 15.5 Å². The Hall–Kier alpha value is -2.26. The van der Waals surface area contributed by atoms with E-state index in [9.17, 15) is 22.7 Å². The molecule has 3 rings (SSSR count). The first-order valence-electron chi connectivity index (χ1n) is 9.61. The van der Waals surface area contributed by atoms with Crippen LogP contribution in [0.2, 0.25) is 5.02 Å². The minimum atomic E-state index is -4.94. The first kappa shape index (κ1) is 23.4. The van der Waals surface area contributed by atoms with Crippen LogP contribution in [0.1, 0.15) is 25.8 Å². The number of hydrazone groups is 1. The number of hydrogen-bond donors (Lipinski definition) is 3. The first-order chi connectivity index (χ1) is 14.4. The molecule has 1 aliphatic heterocycles. The summed E-state index contributed by atoms with van der Waals surface area (Å²) >= 11 is 5.78. The minimum absolute atomic E-state index is 0.144. The van der Waals surface area contributed by atoms with Gasteiger partial charge in [0.2, 0.25) is 0 Å². The summed E-state index contributed by atoms with van der Waals surface area (Å²) in [7, 11) is 1.32. The fourth-order valence-electron chi connectivity index (χ4n) is 3.95. The molecule has 0 bridgehead atoms. The molecule has 3 N–H and O–H groups in total. The summed E-state index contributed by atoms with van der Waals surface area (Å²) in [6.45, 7) is 2.19. The van der Waals surface area contributed by atoms with Crippen LogP contribution in [-0.2, 0) is 5.41 Å². The second-order valence-corrected chi connectivity index (χ2v) is 8.78. The van der Waals surface area contributed by atoms with E-state index in [0.29, 0.717) is 5.70 Å². The number of ether oxygens (including phenoxy) is 1. The van der Waals surface area contributed by atoms with Crippen LogP contribution in [0.15, 0.2) is 41.2 Å². The van der Waals surface area contributed by atoms with E-state index in [1.807, 2.05) is 6.08 Å². The molecule has 170 valence electrons. The summed E-state index contributed by atoms with van der Waals surface area (Å²) in [6, 6.07) is 2.11. The molecule has 3 unspecified atom stereocenters. The minimum Gasteiger partial charge on any atom is -0.496 e. The molecule has 0 aromatic heterocycles. The average molecular weight is 462 g/mol. The summed E-state index contributed by atoms with van der Waals surface area (Å²) < 4.78 is 61.3. The van der Waals surface area contributed by atoms with Crippen molar-refractivity contribution in [3.05, 3.63) is 52.5 Å². The first-order valence-corrected chi connectivity index (χ1v) is 9.99. The molecule has 0 saturated heterocycles. The highest BCUT2D eigenvalue weighted by Gasteiger charge is 2.56. The average Bonchev–Trinajstić information content (AvgIpc) is 3.16. The largest absolute Gasteiger partial charge is 0.496 e. The fraction of sp³-hybridized carbons (Fsp3) is 0.476. The Morgan fingerprint density at radius 1 is 1.29 bits per heavy atom. The standard InChI is InChI=1S/C21H24ClF4N3O2/c1-19(2,13-7-15(23)14(22)8-18(13)31-3)10-20(30,21(24,25)26)11-27-16-5-4-6-17-12(16)9-28-29-17/h4-9,12,17,27,29-30H,10-11H2,1-3H3. The molecule has 1 aromatic rings. The second kappa shape index (κ2) is 8.35. The predicted octanol–water partition coefficient (Wildman–Crippen LogP) is 4.07. The van der Waals surface area contributed by atoms with Gasteiger partial charge >= 0.3 is 6.18 Å². The summed E-state index contributed by atoms with van der Waals surface area (Å²) in [4.78, 5) is 0. The van der Waals surface area contributed by atoms with E-state index in [4.69, 9.17) is 16.3 Å². The molecule has 0 radical (unpaired) electrons. The third-order valence-electron chi connectivity index (χ3n) is 5.62. The number of hydrogen-bond acceptors (Lipinski definition) is 5. The highest BCUT2D eigenvalue weighted by molar-refractivity contribution is 6.30. The molecule has 5 nitrogen and oxygen atoms in total. The number of methoxy groups -OCH3 is 1. The lowest BCUT2D eigenvalue weighted by molar-refractivity contribution is -0.264. The highest BCUT2D eigenvalue weighted by Crippen LogP contribution is 2.44. The number of nitrogens with zero attached hydrogens (tertiary/aromatic N) is 1. The zero-order valence-electron chi connectivity index (χ0n) is 17.2. The van der Waals surface area contributed by atoms with Gasteiger partial charge in [-0.3, -0.25) is 0 Å². The smallest absolute Gasteiger partial charge is 0.418 e. The number of alkyl halides is 3. The molecule has 10 heteroatoms. The van der Waals surface area contributed by atoms with E-state index >= 15 is 0 Å². The van der Waals surface area contributed by atoms with Gasteiger partial charge in [-0.1, -0.05) is 37.6 Å². The van der Waals surface area contributed by atoms with E-state index in [2.05, 4.69) is 15.8 Å². The Labute approximate surface area is 182 Å². The van der Waals surface area contributed by atoms with E-state index in [-0.39, 0.29) is 28.3 Å². The molecule has 0 fully saturated rings. The van der Waals surface area contributed by atoms with Crippen molar-refractivity contribution in [1.29, 1.82) is 0 Å². The van der Waals surface area contributed by atoms with Gasteiger partial charge in [-0.25, -0.2) is 4.39 Å². The third kappa shape index (κ3) is 4.67. The zero-order valence-corrected chi connectivity index (χ0v) is 18.0. The quantitative estimate of drug-likeness (QED) is 0.536. The lowest BCUT2D eigenvalue weighted by atomic mass is 9.74. The number of aliphatic hydroxyl groups is 1. The topological polar surface area (TPSA) is 65.9 Å². The molecular formula is C21H24ClF4N3O2. The van der Waals surface area contributed by atoms with Gasteiger partial charge in [0.15, 0.2) is 5.60 Å². The number of nitrogens with one attached hydrogen (secondary N) is 2. The van der Waals surface area contributed by atoms with Gasteiger partial charge in [0.05, 0.1) is 30.6 Å². The Morgan fingerprint density at radius 2 is 2.00 bits per heavy atom. The Kier molecular flexibility index (Phi) is 6.30. The van der Waals surface area contributed by atoms with E-state index < -0.39 is 36.0 Å². The molecule has 0 amide bonds. The van der Waals surface area contributed by atoms with Crippen molar-refractivity contribution in [3.63, 3.8) is 0 Å². The zero-order chi connectivity index (χ0) is 23.0. The van der Waals surface area contributed by atoms with Gasteiger partial charge in [-0.15, -0.1) is 0 Å². The molecule has 3 atom stereocenters.